The molecule has 2 aromatic carbocycles. The summed E-state index contributed by atoms with van der Waals surface area (Å²) in [5.41, 5.74) is 1.03. The standard InChI is InChI=1S/C18H24N2O2S/c1-14-8-4-5-13-20(14)23(21,22)18-12-7-9-15-16(18)10-6-11-17(15)19(2)3/h6-7,9-12,14H,4-5,8,13H2,1-3H3. The number of fused-ring (bicyclic) bond motifs is 1. The molecule has 0 radical (unpaired) electrons. The molecule has 5 heteroatoms. The third kappa shape index (κ3) is 2.83. The molecule has 0 N–H and O–H groups in total. The number of hydrogen-bond donors (Lipinski definition) is 0. The van der Waals surface area contributed by atoms with Crippen molar-refractivity contribution in [3.8, 4) is 0 Å². The van der Waals surface area contributed by atoms with E-state index in [9.17, 15) is 8.42 Å². The first kappa shape index (κ1) is 16.3. The van der Waals surface area contributed by atoms with E-state index in [4.69, 9.17) is 0 Å². The second-order valence-electron chi connectivity index (χ2n) is 6.48. The second-order valence-corrected chi connectivity index (χ2v) is 8.34. The van der Waals surface area contributed by atoms with Crippen molar-refractivity contribution in [3.05, 3.63) is 36.4 Å². The van der Waals surface area contributed by atoms with E-state index in [1.807, 2.05) is 56.3 Å². The first-order chi connectivity index (χ1) is 10.9. The molecule has 0 aromatic heterocycles. The van der Waals surface area contributed by atoms with E-state index in [0.29, 0.717) is 11.4 Å². The van der Waals surface area contributed by atoms with Crippen molar-refractivity contribution in [1.29, 1.82) is 0 Å². The first-order valence-corrected chi connectivity index (χ1v) is 9.58. The third-order valence-electron chi connectivity index (χ3n) is 4.67. The van der Waals surface area contributed by atoms with Gasteiger partial charge >= 0.3 is 0 Å². The molecular weight excluding hydrogens is 308 g/mol. The summed E-state index contributed by atoms with van der Waals surface area (Å²) in [6, 6.07) is 11.5. The van der Waals surface area contributed by atoms with Gasteiger partial charge in [0.2, 0.25) is 10.0 Å². The fourth-order valence-electron chi connectivity index (χ4n) is 3.43. The van der Waals surface area contributed by atoms with E-state index in [1.165, 1.54) is 0 Å². The third-order valence-corrected chi connectivity index (χ3v) is 6.74. The zero-order valence-corrected chi connectivity index (χ0v) is 14.8. The predicted molar refractivity (Wildman–Crippen MR) is 95.5 cm³/mol. The van der Waals surface area contributed by atoms with Crippen LogP contribution in [0.3, 0.4) is 0 Å². The maximum Gasteiger partial charge on any atom is 0.243 e. The average Bonchev–Trinajstić information content (AvgIpc) is 2.53. The highest BCUT2D eigenvalue weighted by Crippen LogP contribution is 2.33. The Hall–Kier alpha value is -1.59. The number of rotatable bonds is 3. The summed E-state index contributed by atoms with van der Waals surface area (Å²) in [5, 5.41) is 1.78. The van der Waals surface area contributed by atoms with Crippen molar-refractivity contribution in [1.82, 2.24) is 4.31 Å². The van der Waals surface area contributed by atoms with E-state index in [0.717, 1.165) is 35.7 Å². The number of anilines is 1. The summed E-state index contributed by atoms with van der Waals surface area (Å²) in [6.45, 7) is 2.63. The average molecular weight is 332 g/mol. The van der Waals surface area contributed by atoms with Crippen LogP contribution < -0.4 is 4.90 Å². The summed E-state index contributed by atoms with van der Waals surface area (Å²) >= 11 is 0. The van der Waals surface area contributed by atoms with Crippen LogP contribution >= 0.6 is 0 Å². The first-order valence-electron chi connectivity index (χ1n) is 8.14. The lowest BCUT2D eigenvalue weighted by Crippen LogP contribution is -2.41. The molecule has 0 amide bonds. The molecule has 1 fully saturated rings. The minimum Gasteiger partial charge on any atom is -0.377 e. The summed E-state index contributed by atoms with van der Waals surface area (Å²) in [6.07, 6.45) is 2.98. The van der Waals surface area contributed by atoms with Gasteiger partial charge in [-0.15, -0.1) is 0 Å². The van der Waals surface area contributed by atoms with Crippen LogP contribution in [0.15, 0.2) is 41.3 Å². The molecule has 3 rings (SSSR count). The van der Waals surface area contributed by atoms with E-state index in [2.05, 4.69) is 0 Å². The van der Waals surface area contributed by atoms with Gasteiger partial charge in [-0.1, -0.05) is 30.7 Å². The minimum atomic E-state index is -3.47. The van der Waals surface area contributed by atoms with Gasteiger partial charge in [-0.05, 0) is 31.9 Å². The number of benzene rings is 2. The molecule has 4 nitrogen and oxygen atoms in total. The molecule has 0 aliphatic carbocycles. The Morgan fingerprint density at radius 3 is 2.43 bits per heavy atom. The maximum absolute atomic E-state index is 13.2. The van der Waals surface area contributed by atoms with Crippen molar-refractivity contribution < 1.29 is 8.42 Å². The number of nitrogens with zero attached hydrogens (tertiary/aromatic N) is 2. The molecule has 124 valence electrons. The Bertz CT molecular complexity index is 815. The van der Waals surface area contributed by atoms with E-state index < -0.39 is 10.0 Å². The zero-order chi connectivity index (χ0) is 16.6. The second kappa shape index (κ2) is 6.13. The molecule has 0 saturated carbocycles. The Morgan fingerprint density at radius 2 is 1.74 bits per heavy atom. The molecular formula is C18H24N2O2S. The van der Waals surface area contributed by atoms with Crippen LogP contribution in [0.25, 0.3) is 10.8 Å². The van der Waals surface area contributed by atoms with Gasteiger partial charge in [0.15, 0.2) is 0 Å². The largest absolute Gasteiger partial charge is 0.377 e. The minimum absolute atomic E-state index is 0.0704. The highest BCUT2D eigenvalue weighted by atomic mass is 32.2. The van der Waals surface area contributed by atoms with Gasteiger partial charge in [0.25, 0.3) is 0 Å². The molecule has 0 bridgehead atoms. The van der Waals surface area contributed by atoms with Crippen LogP contribution in [-0.4, -0.2) is 39.4 Å². The molecule has 1 aliphatic heterocycles. The normalized spacial score (nSPS) is 19.9. The van der Waals surface area contributed by atoms with Gasteiger partial charge in [-0.25, -0.2) is 8.42 Å². The van der Waals surface area contributed by atoms with Crippen molar-refractivity contribution in [3.63, 3.8) is 0 Å². The Balaban J connectivity index is 2.18. The lowest BCUT2D eigenvalue weighted by atomic mass is 10.1. The fraction of sp³-hybridized carbons (Fsp3) is 0.444. The van der Waals surface area contributed by atoms with Crippen molar-refractivity contribution in [2.75, 3.05) is 25.5 Å². The molecule has 1 atom stereocenters. The molecule has 0 spiro atoms. The highest BCUT2D eigenvalue weighted by Gasteiger charge is 2.32. The Kier molecular flexibility index (Phi) is 4.34. The quantitative estimate of drug-likeness (QED) is 0.864. The SMILES string of the molecule is CC1CCCCN1S(=O)(=O)c1cccc2c(N(C)C)cccc12. The van der Waals surface area contributed by atoms with Crippen LogP contribution in [0, 0.1) is 0 Å². The maximum atomic E-state index is 13.2. The molecule has 1 unspecified atom stereocenters. The lowest BCUT2D eigenvalue weighted by molar-refractivity contribution is 0.269. The smallest absolute Gasteiger partial charge is 0.243 e. The summed E-state index contributed by atoms with van der Waals surface area (Å²) < 4.78 is 28.1. The number of piperidine rings is 1. The van der Waals surface area contributed by atoms with Crippen molar-refractivity contribution in [2.45, 2.75) is 37.1 Å². The predicted octanol–water partition coefficient (Wildman–Crippen LogP) is 3.47. The summed E-state index contributed by atoms with van der Waals surface area (Å²) in [4.78, 5) is 2.44. The molecule has 1 heterocycles. The fourth-order valence-corrected chi connectivity index (χ4v) is 5.34. The van der Waals surface area contributed by atoms with Gasteiger partial charge in [0.1, 0.15) is 0 Å². The van der Waals surface area contributed by atoms with Crippen LogP contribution in [0.1, 0.15) is 26.2 Å². The van der Waals surface area contributed by atoms with Crippen LogP contribution in [-0.2, 0) is 10.0 Å². The Labute approximate surface area is 138 Å². The Morgan fingerprint density at radius 1 is 1.04 bits per heavy atom. The number of hydrogen-bond acceptors (Lipinski definition) is 3. The van der Waals surface area contributed by atoms with Gasteiger partial charge in [0, 0.05) is 43.1 Å². The molecule has 23 heavy (non-hydrogen) atoms. The molecule has 1 saturated heterocycles. The zero-order valence-electron chi connectivity index (χ0n) is 14.0. The topological polar surface area (TPSA) is 40.6 Å². The van der Waals surface area contributed by atoms with Crippen LogP contribution in [0.5, 0.6) is 0 Å². The van der Waals surface area contributed by atoms with E-state index in [1.54, 1.807) is 10.4 Å². The van der Waals surface area contributed by atoms with Gasteiger partial charge in [0.05, 0.1) is 4.90 Å². The van der Waals surface area contributed by atoms with Crippen molar-refractivity contribution in [2.24, 2.45) is 0 Å². The highest BCUT2D eigenvalue weighted by molar-refractivity contribution is 7.89. The number of sulfonamides is 1. The van der Waals surface area contributed by atoms with Crippen molar-refractivity contribution >= 4 is 26.5 Å². The van der Waals surface area contributed by atoms with Gasteiger partial charge < -0.3 is 4.90 Å². The summed E-state index contributed by atoms with van der Waals surface area (Å²) in [7, 11) is 0.484. The van der Waals surface area contributed by atoms with Crippen LogP contribution in [0.2, 0.25) is 0 Å². The van der Waals surface area contributed by atoms with E-state index >= 15 is 0 Å². The van der Waals surface area contributed by atoms with E-state index in [-0.39, 0.29) is 6.04 Å². The molecule has 1 aliphatic rings. The van der Waals surface area contributed by atoms with Crippen LogP contribution in [0.4, 0.5) is 5.69 Å². The molecule has 2 aromatic rings. The van der Waals surface area contributed by atoms with Gasteiger partial charge in [-0.2, -0.15) is 4.31 Å². The van der Waals surface area contributed by atoms with Gasteiger partial charge in [-0.3, -0.25) is 0 Å². The monoisotopic (exact) mass is 332 g/mol. The lowest BCUT2D eigenvalue weighted by Gasteiger charge is -2.32. The summed E-state index contributed by atoms with van der Waals surface area (Å²) in [5.74, 6) is 0.